The van der Waals surface area contributed by atoms with Crippen molar-refractivity contribution in [1.29, 1.82) is 0 Å². The van der Waals surface area contributed by atoms with Crippen LogP contribution in [-0.2, 0) is 9.59 Å². The number of hydrogen-bond donors (Lipinski definition) is 3. The van der Waals surface area contributed by atoms with E-state index >= 15 is 0 Å². The largest absolute Gasteiger partial charge is 0.352 e. The van der Waals surface area contributed by atoms with Crippen molar-refractivity contribution in [1.82, 2.24) is 16.0 Å². The van der Waals surface area contributed by atoms with Crippen molar-refractivity contribution in [2.45, 2.75) is 38.1 Å². The Morgan fingerprint density at radius 1 is 0.960 bits per heavy atom. The quantitative estimate of drug-likeness (QED) is 0.701. The molecule has 0 bridgehead atoms. The summed E-state index contributed by atoms with van der Waals surface area (Å²) in [7, 11) is 0. The van der Waals surface area contributed by atoms with Gasteiger partial charge < -0.3 is 16.0 Å². The van der Waals surface area contributed by atoms with Gasteiger partial charge in [0.05, 0.1) is 23.7 Å². The molecule has 0 spiro atoms. The van der Waals surface area contributed by atoms with E-state index < -0.39 is 11.8 Å². The summed E-state index contributed by atoms with van der Waals surface area (Å²) in [5.74, 6) is -1.15. The monoisotopic (exact) mass is 385 g/mol. The second-order valence-corrected chi connectivity index (χ2v) is 6.83. The van der Waals surface area contributed by atoms with Crippen LogP contribution in [0.25, 0.3) is 0 Å². The van der Waals surface area contributed by atoms with Crippen LogP contribution in [0.4, 0.5) is 0 Å². The highest BCUT2D eigenvalue weighted by molar-refractivity contribution is 6.36. The number of nitrogens with one attached hydrogen (secondary N) is 3. The third-order valence-corrected chi connectivity index (χ3v) is 4.55. The van der Waals surface area contributed by atoms with Crippen LogP contribution in [0.15, 0.2) is 18.2 Å². The highest BCUT2D eigenvalue weighted by Crippen LogP contribution is 2.20. The Hall–Kier alpha value is -1.79. The Morgan fingerprint density at radius 2 is 1.64 bits per heavy atom. The molecule has 2 rings (SSSR count). The molecular formula is C17H21Cl2N3O3. The van der Waals surface area contributed by atoms with Crippen molar-refractivity contribution < 1.29 is 14.4 Å². The van der Waals surface area contributed by atoms with E-state index in [4.69, 9.17) is 23.2 Å². The first-order valence-corrected chi connectivity index (χ1v) is 9.00. The molecular weight excluding hydrogens is 365 g/mol. The zero-order valence-electron chi connectivity index (χ0n) is 13.7. The lowest BCUT2D eigenvalue weighted by Crippen LogP contribution is -2.45. The molecule has 3 amide bonds. The van der Waals surface area contributed by atoms with Crippen molar-refractivity contribution in [3.05, 3.63) is 33.8 Å². The standard InChI is InChI=1S/C17H21Cl2N3O3/c18-11-6-7-13(14(19)8-11)17(25)21-9-15(23)20-10-16(24)22-12-4-2-1-3-5-12/h6-8,12H,1-5,9-10H2,(H,20,23)(H,21,25)(H,22,24). The molecule has 0 heterocycles. The number of rotatable bonds is 6. The summed E-state index contributed by atoms with van der Waals surface area (Å²) in [5, 5.41) is 8.47. The Morgan fingerprint density at radius 3 is 2.32 bits per heavy atom. The fraction of sp³-hybridized carbons (Fsp3) is 0.471. The summed E-state index contributed by atoms with van der Waals surface area (Å²) in [5.41, 5.74) is 0.230. The van der Waals surface area contributed by atoms with Gasteiger partial charge in [0.25, 0.3) is 5.91 Å². The molecule has 0 radical (unpaired) electrons. The van der Waals surface area contributed by atoms with Gasteiger partial charge in [-0.1, -0.05) is 42.5 Å². The minimum absolute atomic E-state index is 0.104. The fourth-order valence-electron chi connectivity index (χ4n) is 2.70. The molecule has 6 nitrogen and oxygen atoms in total. The average molecular weight is 386 g/mol. The second-order valence-electron chi connectivity index (χ2n) is 5.99. The fourth-order valence-corrected chi connectivity index (χ4v) is 3.19. The summed E-state index contributed by atoms with van der Waals surface area (Å²) in [6.45, 7) is -0.346. The maximum Gasteiger partial charge on any atom is 0.253 e. The summed E-state index contributed by atoms with van der Waals surface area (Å²) in [6, 6.07) is 4.67. The molecule has 0 atom stereocenters. The lowest BCUT2D eigenvalue weighted by atomic mass is 9.95. The minimum Gasteiger partial charge on any atom is -0.352 e. The van der Waals surface area contributed by atoms with Crippen molar-refractivity contribution in [3.63, 3.8) is 0 Å². The molecule has 1 aliphatic rings. The number of benzene rings is 1. The van der Waals surface area contributed by atoms with Crippen LogP contribution < -0.4 is 16.0 Å². The Bertz CT molecular complexity index is 646. The smallest absolute Gasteiger partial charge is 0.253 e. The van der Waals surface area contributed by atoms with Crippen LogP contribution in [-0.4, -0.2) is 36.9 Å². The molecule has 25 heavy (non-hydrogen) atoms. The number of hydrogen-bond acceptors (Lipinski definition) is 3. The lowest BCUT2D eigenvalue weighted by molar-refractivity contribution is -0.126. The highest BCUT2D eigenvalue weighted by atomic mass is 35.5. The topological polar surface area (TPSA) is 87.3 Å². The van der Waals surface area contributed by atoms with E-state index in [-0.39, 0.29) is 35.6 Å². The van der Waals surface area contributed by atoms with Gasteiger partial charge in [0.1, 0.15) is 0 Å². The minimum atomic E-state index is -0.483. The normalized spacial score (nSPS) is 14.6. The molecule has 0 aromatic heterocycles. The van der Waals surface area contributed by atoms with E-state index in [0.717, 1.165) is 25.7 Å². The molecule has 1 aliphatic carbocycles. The van der Waals surface area contributed by atoms with Crippen molar-refractivity contribution >= 4 is 40.9 Å². The first-order chi connectivity index (χ1) is 12.0. The highest BCUT2D eigenvalue weighted by Gasteiger charge is 2.16. The third-order valence-electron chi connectivity index (χ3n) is 4.00. The van der Waals surface area contributed by atoms with Gasteiger partial charge >= 0.3 is 0 Å². The van der Waals surface area contributed by atoms with Crippen LogP contribution in [0.3, 0.4) is 0 Å². The van der Waals surface area contributed by atoms with Crippen LogP contribution in [0.1, 0.15) is 42.5 Å². The van der Waals surface area contributed by atoms with Gasteiger partial charge in [-0.3, -0.25) is 14.4 Å². The predicted octanol–water partition coefficient (Wildman–Crippen LogP) is 2.29. The average Bonchev–Trinajstić information content (AvgIpc) is 2.58. The molecule has 8 heteroatoms. The molecule has 1 aromatic rings. The number of halogens is 2. The van der Waals surface area contributed by atoms with Crippen LogP contribution >= 0.6 is 23.2 Å². The van der Waals surface area contributed by atoms with Gasteiger partial charge in [-0.25, -0.2) is 0 Å². The third kappa shape index (κ3) is 6.55. The molecule has 136 valence electrons. The van der Waals surface area contributed by atoms with E-state index in [1.54, 1.807) is 0 Å². The summed E-state index contributed by atoms with van der Waals surface area (Å²) in [6.07, 6.45) is 5.42. The van der Waals surface area contributed by atoms with E-state index in [2.05, 4.69) is 16.0 Å². The van der Waals surface area contributed by atoms with Gasteiger partial charge in [0.2, 0.25) is 11.8 Å². The molecule has 0 aliphatic heterocycles. The molecule has 0 unspecified atom stereocenters. The maximum absolute atomic E-state index is 12.0. The zero-order valence-corrected chi connectivity index (χ0v) is 15.3. The molecule has 1 aromatic carbocycles. The number of amides is 3. The maximum atomic E-state index is 12.0. The van der Waals surface area contributed by atoms with E-state index in [0.29, 0.717) is 5.02 Å². The van der Waals surface area contributed by atoms with Gasteiger partial charge in [0.15, 0.2) is 0 Å². The van der Waals surface area contributed by atoms with E-state index in [1.165, 1.54) is 24.6 Å². The molecule has 3 N–H and O–H groups in total. The summed E-state index contributed by atoms with van der Waals surface area (Å²) < 4.78 is 0. The van der Waals surface area contributed by atoms with Crippen LogP contribution in [0.2, 0.25) is 10.0 Å². The van der Waals surface area contributed by atoms with Gasteiger partial charge in [-0.05, 0) is 31.0 Å². The molecule has 1 saturated carbocycles. The van der Waals surface area contributed by atoms with Crippen molar-refractivity contribution in [2.75, 3.05) is 13.1 Å². The van der Waals surface area contributed by atoms with Gasteiger partial charge in [-0.15, -0.1) is 0 Å². The van der Waals surface area contributed by atoms with Crippen molar-refractivity contribution in [3.8, 4) is 0 Å². The summed E-state index contributed by atoms with van der Waals surface area (Å²) in [4.78, 5) is 35.5. The zero-order chi connectivity index (χ0) is 18.2. The predicted molar refractivity (Wildman–Crippen MR) is 96.8 cm³/mol. The van der Waals surface area contributed by atoms with Crippen molar-refractivity contribution in [2.24, 2.45) is 0 Å². The van der Waals surface area contributed by atoms with Gasteiger partial charge in [-0.2, -0.15) is 0 Å². The van der Waals surface area contributed by atoms with Crippen LogP contribution in [0.5, 0.6) is 0 Å². The van der Waals surface area contributed by atoms with Gasteiger partial charge in [0, 0.05) is 11.1 Å². The Labute approximate surface area is 156 Å². The first-order valence-electron chi connectivity index (χ1n) is 8.25. The SMILES string of the molecule is O=C(CNC(=O)c1ccc(Cl)cc1Cl)NCC(=O)NC1CCCCC1. The lowest BCUT2D eigenvalue weighted by Gasteiger charge is -2.22. The van der Waals surface area contributed by atoms with Crippen LogP contribution in [0, 0.1) is 0 Å². The Balaban J connectivity index is 1.69. The molecule has 0 saturated heterocycles. The summed E-state index contributed by atoms with van der Waals surface area (Å²) >= 11 is 11.7. The second kappa shape index (κ2) is 9.63. The first kappa shape index (κ1) is 19.5. The Kier molecular flexibility index (Phi) is 7.52. The van der Waals surface area contributed by atoms with E-state index in [1.807, 2.05) is 0 Å². The molecule has 1 fully saturated rings. The number of carbonyl (C=O) groups excluding carboxylic acids is 3. The van der Waals surface area contributed by atoms with E-state index in [9.17, 15) is 14.4 Å². The number of carbonyl (C=O) groups is 3.